The third kappa shape index (κ3) is 4.52. The molecule has 1 fully saturated rings. The molecular weight excluding hydrogens is 398 g/mol. The molecule has 1 saturated heterocycles. The van der Waals surface area contributed by atoms with Crippen LogP contribution in [-0.4, -0.2) is 34.3 Å². The zero-order valence-corrected chi connectivity index (χ0v) is 17.2. The van der Waals surface area contributed by atoms with Crippen molar-refractivity contribution in [3.63, 3.8) is 0 Å². The molecule has 3 aromatic rings. The van der Waals surface area contributed by atoms with Crippen LogP contribution in [0.3, 0.4) is 0 Å². The summed E-state index contributed by atoms with van der Waals surface area (Å²) < 4.78 is 0. The lowest BCUT2D eigenvalue weighted by atomic mass is 10.0. The van der Waals surface area contributed by atoms with Crippen molar-refractivity contribution in [1.29, 1.82) is 0 Å². The molecule has 2 aromatic carbocycles. The highest BCUT2D eigenvalue weighted by atomic mass is 35.5. The topological polar surface area (TPSA) is 62.3 Å². The fourth-order valence-electron chi connectivity index (χ4n) is 3.72. The van der Waals surface area contributed by atoms with Crippen molar-refractivity contribution in [3.8, 4) is 11.1 Å². The molecule has 1 aliphatic rings. The highest BCUT2D eigenvalue weighted by molar-refractivity contribution is 6.30. The lowest BCUT2D eigenvalue weighted by Crippen LogP contribution is -2.45. The monoisotopic (exact) mass is 419 g/mol. The number of aromatic nitrogens is 1. The normalized spacial score (nSPS) is 15.8. The SMILES string of the molecule is O=C(NCc1ccc(Cl)cc1)[C@@H]1CCCN1C(=O)c1cccc(-c2cccnc2)c1. The van der Waals surface area contributed by atoms with Crippen LogP contribution >= 0.6 is 11.6 Å². The minimum atomic E-state index is -0.452. The van der Waals surface area contributed by atoms with Gasteiger partial charge in [0.2, 0.25) is 5.91 Å². The Labute approximate surface area is 180 Å². The number of rotatable bonds is 5. The minimum absolute atomic E-state index is 0.120. The Kier molecular flexibility index (Phi) is 6.10. The van der Waals surface area contributed by atoms with E-state index in [1.54, 1.807) is 35.5 Å². The fraction of sp³-hybridized carbons (Fsp3) is 0.208. The maximum atomic E-state index is 13.2. The van der Waals surface area contributed by atoms with E-state index in [2.05, 4.69) is 10.3 Å². The van der Waals surface area contributed by atoms with Gasteiger partial charge >= 0.3 is 0 Å². The molecule has 5 nitrogen and oxygen atoms in total. The first-order chi connectivity index (χ1) is 14.6. The van der Waals surface area contributed by atoms with E-state index in [-0.39, 0.29) is 11.8 Å². The Morgan fingerprint density at radius 2 is 1.87 bits per heavy atom. The number of nitrogens with zero attached hydrogens (tertiary/aromatic N) is 2. The molecule has 152 valence electrons. The molecule has 0 spiro atoms. The molecule has 1 aliphatic heterocycles. The van der Waals surface area contributed by atoms with Gasteiger partial charge in [-0.3, -0.25) is 14.6 Å². The Morgan fingerprint density at radius 3 is 2.63 bits per heavy atom. The first-order valence-electron chi connectivity index (χ1n) is 9.95. The molecule has 1 aromatic heterocycles. The number of carbonyl (C=O) groups excluding carboxylic acids is 2. The smallest absolute Gasteiger partial charge is 0.254 e. The average Bonchev–Trinajstić information content (AvgIpc) is 3.29. The number of nitrogens with one attached hydrogen (secondary N) is 1. The van der Waals surface area contributed by atoms with E-state index in [0.29, 0.717) is 30.1 Å². The molecule has 0 saturated carbocycles. The maximum Gasteiger partial charge on any atom is 0.254 e. The second-order valence-corrected chi connectivity index (χ2v) is 7.76. The lowest BCUT2D eigenvalue weighted by molar-refractivity contribution is -0.125. The van der Waals surface area contributed by atoms with Crippen molar-refractivity contribution < 1.29 is 9.59 Å². The summed E-state index contributed by atoms with van der Waals surface area (Å²) in [6.07, 6.45) is 4.97. The summed E-state index contributed by atoms with van der Waals surface area (Å²) in [6.45, 7) is 0.986. The van der Waals surface area contributed by atoms with Crippen LogP contribution in [-0.2, 0) is 11.3 Å². The third-order valence-electron chi connectivity index (χ3n) is 5.30. The molecule has 1 N–H and O–H groups in total. The number of halogens is 1. The predicted molar refractivity (Wildman–Crippen MR) is 117 cm³/mol. The fourth-order valence-corrected chi connectivity index (χ4v) is 3.85. The highest BCUT2D eigenvalue weighted by Crippen LogP contribution is 2.24. The molecule has 1 atom stereocenters. The molecule has 30 heavy (non-hydrogen) atoms. The molecule has 0 aliphatic carbocycles. The van der Waals surface area contributed by atoms with Gasteiger partial charge in [0.1, 0.15) is 6.04 Å². The van der Waals surface area contributed by atoms with Crippen LogP contribution < -0.4 is 5.32 Å². The van der Waals surface area contributed by atoms with Crippen LogP contribution in [0.15, 0.2) is 73.1 Å². The number of likely N-dealkylation sites (tertiary alicyclic amines) is 1. The van der Waals surface area contributed by atoms with Crippen molar-refractivity contribution in [2.45, 2.75) is 25.4 Å². The summed E-state index contributed by atoms with van der Waals surface area (Å²) in [5.74, 6) is -0.246. The summed E-state index contributed by atoms with van der Waals surface area (Å²) in [5.41, 5.74) is 3.42. The van der Waals surface area contributed by atoms with Crippen LogP contribution in [0, 0.1) is 0 Å². The second-order valence-electron chi connectivity index (χ2n) is 7.32. The van der Waals surface area contributed by atoms with Crippen LogP contribution in [0.5, 0.6) is 0 Å². The van der Waals surface area contributed by atoms with E-state index in [9.17, 15) is 9.59 Å². The zero-order chi connectivity index (χ0) is 20.9. The van der Waals surface area contributed by atoms with E-state index in [1.165, 1.54) is 0 Å². The van der Waals surface area contributed by atoms with E-state index in [1.807, 2.05) is 42.5 Å². The van der Waals surface area contributed by atoms with Gasteiger partial charge in [-0.05, 0) is 54.3 Å². The van der Waals surface area contributed by atoms with Crippen LogP contribution in [0.2, 0.25) is 5.02 Å². The molecule has 2 amide bonds. The van der Waals surface area contributed by atoms with Gasteiger partial charge in [0.25, 0.3) is 5.91 Å². The minimum Gasteiger partial charge on any atom is -0.350 e. The lowest BCUT2D eigenvalue weighted by Gasteiger charge is -2.24. The first-order valence-corrected chi connectivity index (χ1v) is 10.3. The van der Waals surface area contributed by atoms with Gasteiger partial charge in [0.15, 0.2) is 0 Å². The van der Waals surface area contributed by atoms with Gasteiger partial charge in [0.05, 0.1) is 0 Å². The van der Waals surface area contributed by atoms with Crippen molar-refractivity contribution in [3.05, 3.63) is 89.2 Å². The number of hydrogen-bond donors (Lipinski definition) is 1. The molecule has 0 radical (unpaired) electrons. The van der Waals surface area contributed by atoms with Crippen LogP contribution in [0.1, 0.15) is 28.8 Å². The van der Waals surface area contributed by atoms with Gasteiger partial charge < -0.3 is 10.2 Å². The molecule has 0 unspecified atom stereocenters. The third-order valence-corrected chi connectivity index (χ3v) is 5.55. The summed E-state index contributed by atoms with van der Waals surface area (Å²) in [5, 5.41) is 3.61. The Hall–Kier alpha value is -3.18. The summed E-state index contributed by atoms with van der Waals surface area (Å²) >= 11 is 5.91. The van der Waals surface area contributed by atoms with E-state index >= 15 is 0 Å². The molecular formula is C24H22ClN3O2. The summed E-state index contributed by atoms with van der Waals surface area (Å²) in [4.78, 5) is 31.8. The van der Waals surface area contributed by atoms with Crippen molar-refractivity contribution in [1.82, 2.24) is 15.2 Å². The van der Waals surface area contributed by atoms with E-state index < -0.39 is 6.04 Å². The quantitative estimate of drug-likeness (QED) is 0.669. The Bertz CT molecular complexity index is 1040. The largest absolute Gasteiger partial charge is 0.350 e. The van der Waals surface area contributed by atoms with Gasteiger partial charge in [-0.1, -0.05) is 41.9 Å². The molecule has 0 bridgehead atoms. The van der Waals surface area contributed by atoms with Crippen molar-refractivity contribution in [2.24, 2.45) is 0 Å². The number of benzene rings is 2. The second kappa shape index (κ2) is 9.09. The number of amides is 2. The standard InChI is InChI=1S/C24H22ClN3O2/c25-21-10-8-17(9-11-21)15-27-23(29)22-7-3-13-28(22)24(30)19-5-1-4-18(14-19)20-6-2-12-26-16-20/h1-2,4-6,8-12,14,16,22H,3,7,13,15H2,(H,27,29)/t22-/m0/s1. The van der Waals surface area contributed by atoms with Crippen LogP contribution in [0.4, 0.5) is 0 Å². The summed E-state index contributed by atoms with van der Waals surface area (Å²) in [6, 6.07) is 18.2. The van der Waals surface area contributed by atoms with Gasteiger partial charge in [-0.25, -0.2) is 0 Å². The number of hydrogen-bond acceptors (Lipinski definition) is 3. The van der Waals surface area contributed by atoms with Crippen LogP contribution in [0.25, 0.3) is 11.1 Å². The first kappa shape index (κ1) is 20.1. The molecule has 4 rings (SSSR count). The number of pyridine rings is 1. The van der Waals surface area contributed by atoms with Crippen molar-refractivity contribution in [2.75, 3.05) is 6.54 Å². The molecule has 2 heterocycles. The highest BCUT2D eigenvalue weighted by Gasteiger charge is 2.34. The van der Waals surface area contributed by atoms with E-state index in [0.717, 1.165) is 23.1 Å². The Morgan fingerprint density at radius 1 is 1.07 bits per heavy atom. The Balaban J connectivity index is 1.45. The maximum absolute atomic E-state index is 13.2. The predicted octanol–water partition coefficient (Wildman–Crippen LogP) is 4.32. The summed E-state index contributed by atoms with van der Waals surface area (Å²) in [7, 11) is 0. The molecule has 6 heteroatoms. The zero-order valence-electron chi connectivity index (χ0n) is 16.4. The van der Waals surface area contributed by atoms with Gasteiger partial charge in [0, 0.05) is 41.6 Å². The average molecular weight is 420 g/mol. The van der Waals surface area contributed by atoms with Gasteiger partial charge in [-0.2, -0.15) is 0 Å². The van der Waals surface area contributed by atoms with Crippen molar-refractivity contribution >= 4 is 23.4 Å². The number of carbonyl (C=O) groups is 2. The van der Waals surface area contributed by atoms with Gasteiger partial charge in [-0.15, -0.1) is 0 Å². The van der Waals surface area contributed by atoms with E-state index in [4.69, 9.17) is 11.6 Å².